The maximum atomic E-state index is 10.9. The van der Waals surface area contributed by atoms with E-state index in [4.69, 9.17) is 33.0 Å². The highest BCUT2D eigenvalue weighted by Crippen LogP contribution is 2.25. The van der Waals surface area contributed by atoms with Crippen LogP contribution in [-0.4, -0.2) is 30.6 Å². The molecule has 2 heterocycles. The summed E-state index contributed by atoms with van der Waals surface area (Å²) in [4.78, 5) is 12.4. The van der Waals surface area contributed by atoms with Gasteiger partial charge in [-0.05, 0) is 49.4 Å². The fourth-order valence-electron chi connectivity index (χ4n) is 2.97. The number of aliphatic carboxylic acids is 1. The molecule has 0 aliphatic carbocycles. The van der Waals surface area contributed by atoms with Crippen molar-refractivity contribution in [3.05, 3.63) is 70.1 Å². The van der Waals surface area contributed by atoms with Gasteiger partial charge in [-0.2, -0.15) is 9.90 Å². The first-order chi connectivity index (χ1) is 13.9. The summed E-state index contributed by atoms with van der Waals surface area (Å²) in [6.07, 6.45) is 1.75. The van der Waals surface area contributed by atoms with Gasteiger partial charge in [0.25, 0.3) is 0 Å². The highest BCUT2D eigenvalue weighted by Gasteiger charge is 2.11. The number of hydrogen-bond donors (Lipinski definition) is 1. The molecule has 2 aromatic heterocycles. The van der Waals surface area contributed by atoms with Crippen LogP contribution in [0.3, 0.4) is 0 Å². The van der Waals surface area contributed by atoms with Crippen LogP contribution in [0.15, 0.2) is 48.7 Å². The molecule has 0 atom stereocenters. The zero-order valence-corrected chi connectivity index (χ0v) is 16.9. The van der Waals surface area contributed by atoms with Crippen LogP contribution in [0.25, 0.3) is 16.6 Å². The molecular weight excluding hydrogens is 415 g/mol. The molecule has 29 heavy (non-hydrogen) atoms. The summed E-state index contributed by atoms with van der Waals surface area (Å²) in [5, 5.41) is 19.7. The largest absolute Gasteiger partial charge is 0.487 e. The van der Waals surface area contributed by atoms with Gasteiger partial charge in [0.2, 0.25) is 0 Å². The van der Waals surface area contributed by atoms with Crippen LogP contribution in [0, 0.1) is 6.92 Å². The van der Waals surface area contributed by atoms with Crippen molar-refractivity contribution in [3.63, 3.8) is 0 Å². The lowest BCUT2D eigenvalue weighted by molar-refractivity contribution is -0.137. The first-order valence-corrected chi connectivity index (χ1v) is 9.48. The summed E-state index contributed by atoms with van der Waals surface area (Å²) < 4.78 is 7.55. The van der Waals surface area contributed by atoms with E-state index in [2.05, 4.69) is 10.2 Å². The number of aryl methyl sites for hydroxylation is 1. The molecule has 0 fully saturated rings. The number of hydrogen-bond acceptors (Lipinski definition) is 4. The molecule has 1 N–H and O–H groups in total. The number of fused-ring (bicyclic) bond motifs is 1. The van der Waals surface area contributed by atoms with Crippen molar-refractivity contribution in [3.8, 4) is 11.4 Å². The van der Waals surface area contributed by atoms with Gasteiger partial charge in [-0.15, -0.1) is 5.10 Å². The first kappa shape index (κ1) is 19.3. The van der Waals surface area contributed by atoms with Gasteiger partial charge in [-0.3, -0.25) is 4.79 Å². The lowest BCUT2D eigenvalue weighted by Gasteiger charge is -2.06. The Hall–Kier alpha value is -3.03. The summed E-state index contributed by atoms with van der Waals surface area (Å²) >= 11 is 12.0. The first-order valence-electron chi connectivity index (χ1n) is 8.72. The molecule has 0 saturated carbocycles. The SMILES string of the molecule is Cc1nn(-c2ccc(Cl)c(Cl)c2)nc1COc1ccc2c(ccn2CC(=O)O)c1. The monoisotopic (exact) mass is 430 g/mol. The third-order valence-electron chi connectivity index (χ3n) is 4.44. The second-order valence-corrected chi connectivity index (χ2v) is 7.28. The van der Waals surface area contributed by atoms with Gasteiger partial charge in [0.15, 0.2) is 0 Å². The molecule has 4 aromatic rings. The Morgan fingerprint density at radius 3 is 2.69 bits per heavy atom. The topological polar surface area (TPSA) is 82.2 Å². The normalized spacial score (nSPS) is 11.1. The van der Waals surface area contributed by atoms with Crippen LogP contribution >= 0.6 is 23.2 Å². The van der Waals surface area contributed by atoms with Crippen LogP contribution in [0.2, 0.25) is 10.0 Å². The van der Waals surface area contributed by atoms with Crippen LogP contribution in [0.4, 0.5) is 0 Å². The predicted molar refractivity (Wildman–Crippen MR) is 110 cm³/mol. The van der Waals surface area contributed by atoms with E-state index in [0.717, 1.165) is 16.6 Å². The van der Waals surface area contributed by atoms with E-state index in [1.54, 1.807) is 35.0 Å². The predicted octanol–water partition coefficient (Wildman–Crippen LogP) is 4.50. The molecule has 0 aliphatic heterocycles. The maximum absolute atomic E-state index is 10.9. The Labute approximate surface area is 176 Å². The van der Waals surface area contributed by atoms with Crippen LogP contribution in [-0.2, 0) is 17.9 Å². The average molecular weight is 431 g/mol. The lowest BCUT2D eigenvalue weighted by Crippen LogP contribution is -2.07. The number of carbonyl (C=O) groups is 1. The minimum Gasteiger partial charge on any atom is -0.487 e. The zero-order chi connectivity index (χ0) is 20.5. The number of aromatic nitrogens is 4. The highest BCUT2D eigenvalue weighted by atomic mass is 35.5. The molecule has 0 saturated heterocycles. The molecule has 0 aliphatic rings. The molecule has 9 heteroatoms. The molecule has 4 rings (SSSR count). The molecule has 0 unspecified atom stereocenters. The second kappa shape index (κ2) is 7.77. The summed E-state index contributed by atoms with van der Waals surface area (Å²) in [5.74, 6) is -0.225. The van der Waals surface area contributed by atoms with Crippen molar-refractivity contribution in [2.24, 2.45) is 0 Å². The molecule has 0 radical (unpaired) electrons. The van der Waals surface area contributed by atoms with Crippen LogP contribution in [0.5, 0.6) is 5.75 Å². The van der Waals surface area contributed by atoms with Gasteiger partial charge in [0.05, 0.1) is 21.4 Å². The Bertz CT molecular complexity index is 1220. The fourth-order valence-corrected chi connectivity index (χ4v) is 3.26. The van der Waals surface area contributed by atoms with E-state index in [1.165, 1.54) is 4.80 Å². The number of benzene rings is 2. The van der Waals surface area contributed by atoms with Crippen LogP contribution < -0.4 is 4.74 Å². The van der Waals surface area contributed by atoms with Gasteiger partial charge < -0.3 is 14.4 Å². The van der Waals surface area contributed by atoms with Gasteiger partial charge in [-0.25, -0.2) is 0 Å². The molecule has 0 bridgehead atoms. The van der Waals surface area contributed by atoms with E-state index < -0.39 is 5.97 Å². The third kappa shape index (κ3) is 4.06. The molecule has 7 nitrogen and oxygen atoms in total. The quantitative estimate of drug-likeness (QED) is 0.486. The average Bonchev–Trinajstić information content (AvgIpc) is 3.25. The van der Waals surface area contributed by atoms with Crippen molar-refractivity contribution >= 4 is 40.1 Å². The number of rotatable bonds is 6. The number of ether oxygens (including phenoxy) is 1. The van der Waals surface area contributed by atoms with E-state index in [9.17, 15) is 4.79 Å². The Kier molecular flexibility index (Phi) is 5.17. The van der Waals surface area contributed by atoms with Gasteiger partial charge >= 0.3 is 5.97 Å². The van der Waals surface area contributed by atoms with Crippen molar-refractivity contribution in [2.45, 2.75) is 20.1 Å². The van der Waals surface area contributed by atoms with E-state index in [-0.39, 0.29) is 13.2 Å². The zero-order valence-electron chi connectivity index (χ0n) is 15.3. The summed E-state index contributed by atoms with van der Waals surface area (Å²) in [6.45, 7) is 2.02. The van der Waals surface area contributed by atoms with Gasteiger partial charge in [-0.1, -0.05) is 23.2 Å². The number of halogens is 2. The number of carboxylic acids is 1. The minimum absolute atomic E-state index is 0.0826. The smallest absolute Gasteiger partial charge is 0.323 e. The van der Waals surface area contributed by atoms with E-state index in [0.29, 0.717) is 27.2 Å². The Morgan fingerprint density at radius 2 is 1.93 bits per heavy atom. The summed E-state index contributed by atoms with van der Waals surface area (Å²) in [6, 6.07) is 12.5. The standard InChI is InChI=1S/C20H16Cl2N4O3/c1-12-18(24-26(23-12)14-2-4-16(21)17(22)9-14)11-29-15-3-5-19-13(8-15)6-7-25(19)10-20(27)28/h2-9H,10-11H2,1H3,(H,27,28). The number of carboxylic acid groups (broad SMARTS) is 1. The third-order valence-corrected chi connectivity index (χ3v) is 5.17. The molecule has 0 spiro atoms. The Balaban J connectivity index is 1.51. The lowest BCUT2D eigenvalue weighted by atomic mass is 10.2. The van der Waals surface area contributed by atoms with Gasteiger partial charge in [0.1, 0.15) is 24.6 Å². The fraction of sp³-hybridized carbons (Fsp3) is 0.150. The van der Waals surface area contributed by atoms with E-state index in [1.807, 2.05) is 25.1 Å². The molecule has 148 valence electrons. The van der Waals surface area contributed by atoms with Crippen molar-refractivity contribution in [2.75, 3.05) is 0 Å². The summed E-state index contributed by atoms with van der Waals surface area (Å²) in [5.41, 5.74) is 2.97. The van der Waals surface area contributed by atoms with Gasteiger partial charge in [0, 0.05) is 17.1 Å². The summed E-state index contributed by atoms with van der Waals surface area (Å²) in [7, 11) is 0. The molecular formula is C20H16Cl2N4O3. The van der Waals surface area contributed by atoms with Crippen molar-refractivity contribution in [1.82, 2.24) is 19.6 Å². The van der Waals surface area contributed by atoms with E-state index >= 15 is 0 Å². The van der Waals surface area contributed by atoms with Crippen molar-refractivity contribution in [1.29, 1.82) is 0 Å². The number of nitrogens with zero attached hydrogens (tertiary/aromatic N) is 4. The highest BCUT2D eigenvalue weighted by molar-refractivity contribution is 6.42. The molecule has 0 amide bonds. The van der Waals surface area contributed by atoms with Crippen LogP contribution in [0.1, 0.15) is 11.4 Å². The maximum Gasteiger partial charge on any atom is 0.323 e. The molecule has 2 aromatic carbocycles. The Morgan fingerprint density at radius 1 is 1.10 bits per heavy atom. The second-order valence-electron chi connectivity index (χ2n) is 6.47. The minimum atomic E-state index is -0.886. The van der Waals surface area contributed by atoms with Crippen molar-refractivity contribution < 1.29 is 14.6 Å².